The van der Waals surface area contributed by atoms with Crippen LogP contribution in [0.15, 0.2) is 6.20 Å². The zero-order chi connectivity index (χ0) is 13.4. The number of ether oxygens (including phenoxy) is 1. The van der Waals surface area contributed by atoms with Crippen molar-refractivity contribution in [2.75, 3.05) is 32.3 Å². The number of hydrogen-bond acceptors (Lipinski definition) is 4. The topological polar surface area (TPSA) is 39.1 Å². The molecule has 0 fully saturated rings. The predicted octanol–water partition coefficient (Wildman–Crippen LogP) is 2.59. The van der Waals surface area contributed by atoms with Gasteiger partial charge < -0.3 is 10.1 Å². The van der Waals surface area contributed by atoms with Crippen LogP contribution in [0.1, 0.15) is 25.1 Å². The fourth-order valence-electron chi connectivity index (χ4n) is 1.72. The summed E-state index contributed by atoms with van der Waals surface area (Å²) >= 11 is 8.17. The van der Waals surface area contributed by atoms with Gasteiger partial charge in [-0.3, -0.25) is 4.68 Å². The number of halogens is 1. The van der Waals surface area contributed by atoms with Gasteiger partial charge in [0.25, 0.3) is 0 Å². The van der Waals surface area contributed by atoms with Crippen molar-refractivity contribution < 1.29 is 4.74 Å². The lowest BCUT2D eigenvalue weighted by atomic mass is 10.2. The Labute approximate surface area is 118 Å². The summed E-state index contributed by atoms with van der Waals surface area (Å²) in [6, 6.07) is 0.230. The van der Waals surface area contributed by atoms with E-state index in [0.29, 0.717) is 6.61 Å². The highest BCUT2D eigenvalue weighted by Crippen LogP contribution is 2.25. The first-order valence-corrected chi connectivity index (χ1v) is 7.73. The second-order valence-corrected chi connectivity index (χ2v) is 5.57. The van der Waals surface area contributed by atoms with Crippen LogP contribution in [0.5, 0.6) is 0 Å². The molecule has 4 nitrogen and oxygen atoms in total. The van der Waals surface area contributed by atoms with E-state index >= 15 is 0 Å². The van der Waals surface area contributed by atoms with Gasteiger partial charge in [-0.05, 0) is 19.2 Å². The van der Waals surface area contributed by atoms with Gasteiger partial charge in [0, 0.05) is 12.9 Å². The van der Waals surface area contributed by atoms with Crippen LogP contribution in [0.25, 0.3) is 0 Å². The molecule has 0 aliphatic heterocycles. The molecule has 0 amide bonds. The highest BCUT2D eigenvalue weighted by molar-refractivity contribution is 7.99. The third-order valence-corrected chi connectivity index (χ3v) is 4.21. The summed E-state index contributed by atoms with van der Waals surface area (Å²) in [4.78, 5) is 0. The normalized spacial score (nSPS) is 12.9. The Kier molecular flexibility index (Phi) is 7.74. The van der Waals surface area contributed by atoms with Crippen LogP contribution >= 0.6 is 23.4 Å². The highest BCUT2D eigenvalue weighted by Gasteiger charge is 2.18. The van der Waals surface area contributed by atoms with E-state index in [-0.39, 0.29) is 6.04 Å². The molecule has 0 aromatic carbocycles. The molecule has 6 heteroatoms. The van der Waals surface area contributed by atoms with Crippen LogP contribution in [0, 0.1) is 0 Å². The number of methoxy groups -OCH3 is 1. The first-order valence-electron chi connectivity index (χ1n) is 6.19. The number of thioether (sulfide) groups is 1. The lowest BCUT2D eigenvalue weighted by Gasteiger charge is -2.18. The molecule has 18 heavy (non-hydrogen) atoms. The van der Waals surface area contributed by atoms with E-state index in [2.05, 4.69) is 17.3 Å². The van der Waals surface area contributed by atoms with E-state index in [1.165, 1.54) is 12.2 Å². The third-order valence-electron chi connectivity index (χ3n) is 2.65. The van der Waals surface area contributed by atoms with E-state index in [1.54, 1.807) is 13.3 Å². The van der Waals surface area contributed by atoms with E-state index < -0.39 is 0 Å². The summed E-state index contributed by atoms with van der Waals surface area (Å²) in [5.74, 6) is 2.17. The summed E-state index contributed by atoms with van der Waals surface area (Å²) in [5.41, 5.74) is 1.06. The van der Waals surface area contributed by atoms with E-state index in [0.717, 1.165) is 23.0 Å². The fraction of sp³-hybridized carbons (Fsp3) is 0.750. The summed E-state index contributed by atoms with van der Waals surface area (Å²) < 4.78 is 7.02. The van der Waals surface area contributed by atoms with Crippen molar-refractivity contribution >= 4 is 23.4 Å². The van der Waals surface area contributed by atoms with Crippen molar-refractivity contribution in [1.29, 1.82) is 0 Å². The molecule has 104 valence electrons. The minimum atomic E-state index is 0.230. The Hall–Kier alpha value is -0.230. The molecule has 1 N–H and O–H groups in total. The molecule has 1 rings (SSSR count). The van der Waals surface area contributed by atoms with Gasteiger partial charge in [-0.2, -0.15) is 16.9 Å². The maximum atomic E-state index is 6.24. The lowest BCUT2D eigenvalue weighted by molar-refractivity contribution is 0.182. The first kappa shape index (κ1) is 15.8. The van der Waals surface area contributed by atoms with Crippen molar-refractivity contribution in [2.45, 2.75) is 25.9 Å². The van der Waals surface area contributed by atoms with Gasteiger partial charge in [0.2, 0.25) is 0 Å². The maximum Gasteiger partial charge on any atom is 0.0834 e. The van der Waals surface area contributed by atoms with Gasteiger partial charge in [-0.15, -0.1) is 0 Å². The predicted molar refractivity (Wildman–Crippen MR) is 78.5 cm³/mol. The molecule has 1 aromatic rings. The first-order chi connectivity index (χ1) is 8.74. The summed E-state index contributed by atoms with van der Waals surface area (Å²) in [5, 5.41) is 8.34. The molecular weight excluding hydrogens is 270 g/mol. The van der Waals surface area contributed by atoms with Gasteiger partial charge in [0.1, 0.15) is 0 Å². The average Bonchev–Trinajstić information content (AvgIpc) is 2.74. The Morgan fingerprint density at radius 3 is 3.00 bits per heavy atom. The number of rotatable bonds is 9. The molecular formula is C12H22ClN3OS. The highest BCUT2D eigenvalue weighted by atomic mass is 35.5. The molecule has 0 aliphatic carbocycles. The van der Waals surface area contributed by atoms with Gasteiger partial charge in [-0.25, -0.2) is 0 Å². The quantitative estimate of drug-likeness (QED) is 0.710. The van der Waals surface area contributed by atoms with Crippen molar-refractivity contribution in [3.63, 3.8) is 0 Å². The molecule has 1 atom stereocenters. The molecule has 0 aliphatic rings. The van der Waals surface area contributed by atoms with E-state index in [1.807, 2.05) is 23.5 Å². The van der Waals surface area contributed by atoms with Crippen LogP contribution in [0.4, 0.5) is 0 Å². The van der Waals surface area contributed by atoms with Crippen LogP contribution in [-0.2, 0) is 11.3 Å². The van der Waals surface area contributed by atoms with Crippen LogP contribution in [-0.4, -0.2) is 42.1 Å². The smallest absolute Gasteiger partial charge is 0.0834 e. The van der Waals surface area contributed by atoms with Crippen LogP contribution < -0.4 is 5.32 Å². The van der Waals surface area contributed by atoms with Gasteiger partial charge in [0.15, 0.2) is 0 Å². The zero-order valence-corrected chi connectivity index (χ0v) is 12.9. The molecule has 0 bridgehead atoms. The van der Waals surface area contributed by atoms with E-state index in [4.69, 9.17) is 16.3 Å². The molecule has 0 spiro atoms. The number of nitrogens with zero attached hydrogens (tertiary/aromatic N) is 2. The van der Waals surface area contributed by atoms with Crippen molar-refractivity contribution in [3.05, 3.63) is 16.9 Å². The Balaban J connectivity index is 2.73. The molecule has 0 radical (unpaired) electrons. The fourth-order valence-corrected chi connectivity index (χ4v) is 3.01. The Morgan fingerprint density at radius 1 is 1.61 bits per heavy atom. The second-order valence-electron chi connectivity index (χ2n) is 4.01. The molecule has 1 aromatic heterocycles. The SMILES string of the molecule is CCCSCC(NC)c1c(Cl)cnn1CCOC. The molecule has 0 saturated carbocycles. The zero-order valence-electron chi connectivity index (χ0n) is 11.3. The largest absolute Gasteiger partial charge is 0.383 e. The van der Waals surface area contributed by atoms with Gasteiger partial charge in [0.05, 0.1) is 36.1 Å². The second kappa shape index (κ2) is 8.80. The minimum absolute atomic E-state index is 0.230. The summed E-state index contributed by atoms with van der Waals surface area (Å²) in [7, 11) is 3.65. The minimum Gasteiger partial charge on any atom is -0.383 e. The Bertz CT molecular complexity index is 346. The van der Waals surface area contributed by atoms with Crippen molar-refractivity contribution in [1.82, 2.24) is 15.1 Å². The molecule has 0 saturated heterocycles. The standard InChI is InChI=1S/C12H22ClN3OS/c1-4-7-18-9-11(14-2)12-10(13)8-15-16(12)5-6-17-3/h8,11,14H,4-7,9H2,1-3H3. The average molecular weight is 292 g/mol. The lowest BCUT2D eigenvalue weighted by Crippen LogP contribution is -2.24. The summed E-state index contributed by atoms with van der Waals surface area (Å²) in [6.07, 6.45) is 2.90. The molecule has 1 unspecified atom stereocenters. The van der Waals surface area contributed by atoms with Crippen molar-refractivity contribution in [2.24, 2.45) is 0 Å². The summed E-state index contributed by atoms with van der Waals surface area (Å²) in [6.45, 7) is 3.57. The number of nitrogens with one attached hydrogen (secondary N) is 1. The maximum absolute atomic E-state index is 6.24. The molecule has 1 heterocycles. The monoisotopic (exact) mass is 291 g/mol. The number of hydrogen-bond donors (Lipinski definition) is 1. The van der Waals surface area contributed by atoms with Gasteiger partial charge in [-0.1, -0.05) is 18.5 Å². The number of aromatic nitrogens is 2. The third kappa shape index (κ3) is 4.46. The van der Waals surface area contributed by atoms with Crippen molar-refractivity contribution in [3.8, 4) is 0 Å². The van der Waals surface area contributed by atoms with E-state index in [9.17, 15) is 0 Å². The van der Waals surface area contributed by atoms with Gasteiger partial charge >= 0.3 is 0 Å². The Morgan fingerprint density at radius 2 is 2.39 bits per heavy atom. The van der Waals surface area contributed by atoms with Crippen LogP contribution in [0.2, 0.25) is 5.02 Å². The van der Waals surface area contributed by atoms with Crippen LogP contribution in [0.3, 0.4) is 0 Å².